The van der Waals surface area contributed by atoms with Gasteiger partial charge in [-0.1, -0.05) is 30.3 Å². The first-order chi connectivity index (χ1) is 7.25. The van der Waals surface area contributed by atoms with E-state index < -0.39 is 6.09 Å². The maximum atomic E-state index is 10.3. The topological polar surface area (TPSA) is 52.2 Å². The predicted molar refractivity (Wildman–Crippen MR) is 58.8 cm³/mol. The van der Waals surface area contributed by atoms with Gasteiger partial charge in [-0.15, -0.1) is 11.3 Å². The van der Waals surface area contributed by atoms with Gasteiger partial charge in [0.05, 0.1) is 5.00 Å². The second-order valence-electron chi connectivity index (χ2n) is 2.94. The van der Waals surface area contributed by atoms with Crippen molar-refractivity contribution in [3.05, 3.63) is 42.5 Å². The van der Waals surface area contributed by atoms with Crippen LogP contribution in [0.5, 0.6) is 0 Å². The van der Waals surface area contributed by atoms with Crippen molar-refractivity contribution in [1.29, 1.82) is 0 Å². The Morgan fingerprint density at radius 3 is 2.53 bits per heavy atom. The van der Waals surface area contributed by atoms with Crippen molar-refractivity contribution in [1.82, 2.24) is 0 Å². The quantitative estimate of drug-likeness (QED) is 0.839. The fourth-order valence-corrected chi connectivity index (χ4v) is 2.16. The summed E-state index contributed by atoms with van der Waals surface area (Å²) in [6.45, 7) is 0. The molecule has 2 rings (SSSR count). The minimum atomic E-state index is -1.28. The number of benzene rings is 1. The number of carboxylic acid groups (broad SMARTS) is 1. The second kappa shape index (κ2) is 4.14. The maximum absolute atomic E-state index is 10.3. The second-order valence-corrected chi connectivity index (χ2v) is 4.03. The Bertz CT molecular complexity index is 464. The van der Waals surface area contributed by atoms with Crippen molar-refractivity contribution in [2.75, 3.05) is 5.32 Å². The molecule has 0 saturated heterocycles. The van der Waals surface area contributed by atoms with Crippen molar-refractivity contribution >= 4 is 22.4 Å². The number of anilines is 1. The molecule has 1 aromatic carbocycles. The molecule has 76 valence electrons. The first-order valence-corrected chi connectivity index (χ1v) is 5.20. The molecule has 1 N–H and O–H groups in total. The summed E-state index contributed by atoms with van der Waals surface area (Å²) in [4.78, 5) is 11.3. The van der Waals surface area contributed by atoms with E-state index in [0.29, 0.717) is 5.00 Å². The van der Waals surface area contributed by atoms with E-state index in [2.05, 4.69) is 5.32 Å². The Labute approximate surface area is 91.0 Å². The molecule has 0 unspecified atom stereocenters. The molecule has 0 spiro atoms. The first-order valence-electron chi connectivity index (χ1n) is 4.39. The molecule has 4 heteroatoms. The van der Waals surface area contributed by atoms with Gasteiger partial charge < -0.3 is 15.2 Å². The minimum Gasteiger partial charge on any atom is -0.530 e. The van der Waals surface area contributed by atoms with Gasteiger partial charge in [0.2, 0.25) is 0 Å². The summed E-state index contributed by atoms with van der Waals surface area (Å²) in [6, 6.07) is 13.4. The van der Waals surface area contributed by atoms with Crippen LogP contribution >= 0.6 is 11.3 Å². The zero-order chi connectivity index (χ0) is 10.7. The van der Waals surface area contributed by atoms with Gasteiger partial charge in [-0.25, -0.2) is 0 Å². The molecule has 1 aromatic heterocycles. The van der Waals surface area contributed by atoms with E-state index in [9.17, 15) is 9.90 Å². The Morgan fingerprint density at radius 2 is 1.87 bits per heavy atom. The van der Waals surface area contributed by atoms with Crippen molar-refractivity contribution in [3.63, 3.8) is 0 Å². The fraction of sp³-hybridized carbons (Fsp3) is 0. The molecular formula is C11H8NO2S-. The molecule has 0 saturated carbocycles. The third-order valence-electron chi connectivity index (χ3n) is 1.89. The molecule has 0 fully saturated rings. The normalized spacial score (nSPS) is 9.87. The van der Waals surface area contributed by atoms with Crippen LogP contribution in [0.4, 0.5) is 9.80 Å². The van der Waals surface area contributed by atoms with Crippen molar-refractivity contribution in [2.45, 2.75) is 0 Å². The Kier molecular flexibility index (Phi) is 2.69. The van der Waals surface area contributed by atoms with Crippen molar-refractivity contribution in [2.24, 2.45) is 0 Å². The van der Waals surface area contributed by atoms with Crippen LogP contribution in [-0.4, -0.2) is 6.09 Å². The maximum Gasteiger partial charge on any atom is 0.139 e. The number of rotatable bonds is 2. The van der Waals surface area contributed by atoms with Crippen LogP contribution in [0.3, 0.4) is 0 Å². The van der Waals surface area contributed by atoms with Gasteiger partial charge in [0.1, 0.15) is 6.09 Å². The molecule has 1 heterocycles. The van der Waals surface area contributed by atoms with Gasteiger partial charge in [0.15, 0.2) is 0 Å². The lowest BCUT2D eigenvalue weighted by Crippen LogP contribution is -2.28. The van der Waals surface area contributed by atoms with E-state index in [4.69, 9.17) is 0 Å². The lowest BCUT2D eigenvalue weighted by atomic mass is 10.2. The summed E-state index contributed by atoms with van der Waals surface area (Å²) in [5.41, 5.74) is 1.08. The molecule has 0 bridgehead atoms. The number of hydrogen-bond acceptors (Lipinski definition) is 3. The highest BCUT2D eigenvalue weighted by Crippen LogP contribution is 2.30. The number of thiophene rings is 1. The SMILES string of the molecule is O=C([O-])Nc1ccc(-c2ccccc2)s1. The smallest absolute Gasteiger partial charge is 0.139 e. The lowest BCUT2D eigenvalue weighted by molar-refractivity contribution is -0.242. The number of hydrogen-bond donors (Lipinski definition) is 1. The molecule has 0 aliphatic carbocycles. The molecule has 3 nitrogen and oxygen atoms in total. The van der Waals surface area contributed by atoms with E-state index in [-0.39, 0.29) is 0 Å². The predicted octanol–water partition coefficient (Wildman–Crippen LogP) is 2.17. The molecule has 1 amide bonds. The number of amides is 1. The van der Waals surface area contributed by atoms with Crippen LogP contribution in [0.2, 0.25) is 0 Å². The average molecular weight is 218 g/mol. The molecule has 0 radical (unpaired) electrons. The Morgan fingerprint density at radius 1 is 1.13 bits per heavy atom. The van der Waals surface area contributed by atoms with Crippen LogP contribution in [-0.2, 0) is 0 Å². The third-order valence-corrected chi connectivity index (χ3v) is 2.94. The zero-order valence-electron chi connectivity index (χ0n) is 7.77. The number of carbonyl (C=O) groups is 1. The number of nitrogens with one attached hydrogen (secondary N) is 1. The van der Waals surface area contributed by atoms with Crippen LogP contribution in [0.15, 0.2) is 42.5 Å². The van der Waals surface area contributed by atoms with E-state index in [1.807, 2.05) is 36.4 Å². The van der Waals surface area contributed by atoms with Gasteiger partial charge in [0.25, 0.3) is 0 Å². The summed E-state index contributed by atoms with van der Waals surface area (Å²) in [7, 11) is 0. The largest absolute Gasteiger partial charge is 0.530 e. The highest BCUT2D eigenvalue weighted by atomic mass is 32.1. The van der Waals surface area contributed by atoms with Gasteiger partial charge in [-0.2, -0.15) is 0 Å². The van der Waals surface area contributed by atoms with Crippen LogP contribution in [0.25, 0.3) is 10.4 Å². The van der Waals surface area contributed by atoms with Crippen LogP contribution in [0.1, 0.15) is 0 Å². The van der Waals surface area contributed by atoms with E-state index in [1.54, 1.807) is 6.07 Å². The van der Waals surface area contributed by atoms with Crippen molar-refractivity contribution < 1.29 is 9.90 Å². The van der Waals surface area contributed by atoms with Crippen LogP contribution in [0, 0.1) is 0 Å². The average Bonchev–Trinajstić information content (AvgIpc) is 2.67. The summed E-state index contributed by atoms with van der Waals surface area (Å²) < 4.78 is 0. The van der Waals surface area contributed by atoms with E-state index in [1.165, 1.54) is 11.3 Å². The third kappa shape index (κ3) is 2.35. The standard InChI is InChI=1S/C11H9NO2S/c13-11(14)12-10-7-6-9(15-10)8-4-2-1-3-5-8/h1-7,12H,(H,13,14)/p-1. The van der Waals surface area contributed by atoms with E-state index >= 15 is 0 Å². The zero-order valence-corrected chi connectivity index (χ0v) is 8.58. The molecule has 0 atom stereocenters. The number of carbonyl (C=O) groups excluding carboxylic acids is 1. The van der Waals surface area contributed by atoms with Gasteiger partial charge >= 0.3 is 0 Å². The van der Waals surface area contributed by atoms with Gasteiger partial charge in [-0.05, 0) is 17.7 Å². The van der Waals surface area contributed by atoms with E-state index in [0.717, 1.165) is 10.4 Å². The first kappa shape index (κ1) is 9.73. The highest BCUT2D eigenvalue weighted by molar-refractivity contribution is 7.19. The molecule has 15 heavy (non-hydrogen) atoms. The Balaban J connectivity index is 2.24. The molecule has 2 aromatic rings. The van der Waals surface area contributed by atoms with Crippen LogP contribution < -0.4 is 10.4 Å². The van der Waals surface area contributed by atoms with Crippen molar-refractivity contribution in [3.8, 4) is 10.4 Å². The summed E-state index contributed by atoms with van der Waals surface area (Å²) in [5, 5.41) is 13.1. The van der Waals surface area contributed by atoms with Gasteiger partial charge in [0, 0.05) is 4.88 Å². The summed E-state index contributed by atoms with van der Waals surface area (Å²) in [5.74, 6) is 0. The highest BCUT2D eigenvalue weighted by Gasteiger charge is 2.01. The molecule has 0 aliphatic heterocycles. The lowest BCUT2D eigenvalue weighted by Gasteiger charge is -2.01. The monoisotopic (exact) mass is 218 g/mol. The summed E-state index contributed by atoms with van der Waals surface area (Å²) >= 11 is 1.38. The van der Waals surface area contributed by atoms with Gasteiger partial charge in [-0.3, -0.25) is 0 Å². The minimum absolute atomic E-state index is 0.578. The fourth-order valence-electron chi connectivity index (χ4n) is 1.26. The summed E-state index contributed by atoms with van der Waals surface area (Å²) in [6.07, 6.45) is -1.28. The Hall–Kier alpha value is -1.81. The molecular weight excluding hydrogens is 210 g/mol. The molecule has 0 aliphatic rings.